The summed E-state index contributed by atoms with van der Waals surface area (Å²) in [7, 11) is 1.81. The Balaban J connectivity index is 1.45. The molecule has 0 radical (unpaired) electrons. The highest BCUT2D eigenvalue weighted by molar-refractivity contribution is 6.04. The number of nitrogens with two attached hydrogens (primary N) is 1. The van der Waals surface area contributed by atoms with E-state index in [2.05, 4.69) is 37.3 Å². The zero-order chi connectivity index (χ0) is 27.1. The van der Waals surface area contributed by atoms with E-state index in [0.29, 0.717) is 34.1 Å². The highest BCUT2D eigenvalue weighted by Crippen LogP contribution is 2.21. The van der Waals surface area contributed by atoms with E-state index in [-0.39, 0.29) is 17.1 Å². The Morgan fingerprint density at radius 3 is 2.64 bits per heavy atom. The summed E-state index contributed by atoms with van der Waals surface area (Å²) in [6.07, 6.45) is 6.55. The van der Waals surface area contributed by atoms with Crippen molar-refractivity contribution in [3.63, 3.8) is 0 Å². The van der Waals surface area contributed by atoms with Crippen molar-refractivity contribution in [3.05, 3.63) is 106 Å². The summed E-state index contributed by atoms with van der Waals surface area (Å²) >= 11 is 0. The van der Waals surface area contributed by atoms with Crippen LogP contribution in [0.5, 0.6) is 0 Å². The third-order valence-electron chi connectivity index (χ3n) is 6.19. The van der Waals surface area contributed by atoms with Gasteiger partial charge in [-0.15, -0.1) is 5.10 Å². The van der Waals surface area contributed by atoms with Gasteiger partial charge in [-0.2, -0.15) is 5.10 Å². The van der Waals surface area contributed by atoms with Crippen molar-refractivity contribution in [2.24, 2.45) is 7.05 Å². The fourth-order valence-electron chi connectivity index (χ4n) is 4.39. The summed E-state index contributed by atoms with van der Waals surface area (Å²) in [6, 6.07) is 13.8. The van der Waals surface area contributed by atoms with Gasteiger partial charge in [0.2, 0.25) is 0 Å². The molecule has 12 nitrogen and oxygen atoms in total. The predicted molar refractivity (Wildman–Crippen MR) is 143 cm³/mol. The minimum absolute atomic E-state index is 0.0543. The van der Waals surface area contributed by atoms with E-state index in [1.54, 1.807) is 61.6 Å². The largest absolute Gasteiger partial charge is 0.381 e. The Labute approximate surface area is 221 Å². The zero-order valence-electron chi connectivity index (χ0n) is 21.0. The summed E-state index contributed by atoms with van der Waals surface area (Å²) in [6.45, 7) is 1.78. The van der Waals surface area contributed by atoms with E-state index in [1.165, 1.54) is 13.5 Å². The number of para-hydroxylation sites is 1. The minimum atomic E-state index is -0.617. The molecule has 12 heteroatoms. The molecule has 6 rings (SSSR count). The molecule has 0 saturated heterocycles. The lowest BCUT2D eigenvalue weighted by atomic mass is 10.1. The minimum Gasteiger partial charge on any atom is -0.381 e. The Hall–Kier alpha value is -5.70. The molecule has 1 unspecified atom stereocenters. The number of fused-ring (bicyclic) bond motifs is 2. The van der Waals surface area contributed by atoms with Crippen LogP contribution in [-0.2, 0) is 7.05 Å². The van der Waals surface area contributed by atoms with Gasteiger partial charge >= 0.3 is 5.69 Å². The Kier molecular flexibility index (Phi) is 5.65. The van der Waals surface area contributed by atoms with Gasteiger partial charge in [0.1, 0.15) is 22.6 Å². The summed E-state index contributed by atoms with van der Waals surface area (Å²) in [4.78, 5) is 35.9. The van der Waals surface area contributed by atoms with Gasteiger partial charge < -0.3 is 11.1 Å². The highest BCUT2D eigenvalue weighted by atomic mass is 16.2. The molecular weight excluding hydrogens is 496 g/mol. The number of aryl methyl sites for hydroxylation is 1. The van der Waals surface area contributed by atoms with Crippen molar-refractivity contribution in [1.82, 2.24) is 43.6 Å². The van der Waals surface area contributed by atoms with E-state index in [4.69, 9.17) is 5.73 Å². The number of rotatable bonds is 4. The Bertz CT molecular complexity index is 1990. The fraction of sp³-hybridized carbons (Fsp3) is 0.111. The molecule has 0 spiro atoms. The van der Waals surface area contributed by atoms with Crippen molar-refractivity contribution in [2.75, 3.05) is 5.73 Å². The van der Waals surface area contributed by atoms with Crippen LogP contribution < -0.4 is 16.7 Å². The lowest BCUT2D eigenvalue weighted by Crippen LogP contribution is -2.34. The molecule has 0 aliphatic heterocycles. The van der Waals surface area contributed by atoms with Crippen LogP contribution in [0.1, 0.15) is 40.4 Å². The molecule has 1 atom stereocenters. The van der Waals surface area contributed by atoms with Gasteiger partial charge in [0.25, 0.3) is 5.91 Å². The number of hydrogen-bond donors (Lipinski definition) is 2. The SMILES string of the molecule is CC(NC(=O)c1c(N)nn2cccnc12)c1cc2ncc(C#Cc3ccn(C)n3)n2c(=O)n1-c1ccccc1. The summed E-state index contributed by atoms with van der Waals surface area (Å²) in [5.41, 5.74) is 8.68. The van der Waals surface area contributed by atoms with Crippen molar-refractivity contribution >= 4 is 23.0 Å². The maximum absolute atomic E-state index is 13.9. The number of nitrogen functional groups attached to an aromatic ring is 1. The first kappa shape index (κ1) is 23.7. The quantitative estimate of drug-likeness (QED) is 0.339. The van der Waals surface area contributed by atoms with E-state index >= 15 is 0 Å². The Morgan fingerprint density at radius 2 is 1.87 bits per heavy atom. The first-order valence-electron chi connectivity index (χ1n) is 12.0. The molecule has 5 heterocycles. The number of imidazole rings is 1. The number of carbonyl (C=O) groups is 1. The fourth-order valence-corrected chi connectivity index (χ4v) is 4.39. The van der Waals surface area contributed by atoms with Crippen LogP contribution in [0.15, 0.2) is 78.1 Å². The molecule has 0 fully saturated rings. The van der Waals surface area contributed by atoms with Crippen LogP contribution in [-0.4, -0.2) is 44.2 Å². The van der Waals surface area contributed by atoms with Crippen LogP contribution in [0.3, 0.4) is 0 Å². The van der Waals surface area contributed by atoms with Crippen molar-refractivity contribution in [1.29, 1.82) is 0 Å². The standard InChI is InChI=1S/C27H22N10O2/c1-17(31-26(38)23-24(28)33-35-13-6-12-29-25(23)35)21-15-22-30-16-20(10-9-18-11-14-34(2)32-18)37(22)27(39)36(21)19-7-4-3-5-8-19/h3-8,11-17H,1-2H3,(H2,28,33)(H,31,38). The van der Waals surface area contributed by atoms with Crippen LogP contribution in [0.4, 0.5) is 5.82 Å². The van der Waals surface area contributed by atoms with Gasteiger partial charge in [-0.3, -0.25) is 14.0 Å². The molecule has 0 bridgehead atoms. The van der Waals surface area contributed by atoms with Crippen LogP contribution >= 0.6 is 0 Å². The Morgan fingerprint density at radius 1 is 1.05 bits per heavy atom. The molecule has 39 heavy (non-hydrogen) atoms. The number of nitrogens with one attached hydrogen (secondary N) is 1. The van der Waals surface area contributed by atoms with Crippen LogP contribution in [0.2, 0.25) is 0 Å². The van der Waals surface area contributed by atoms with Gasteiger partial charge in [0, 0.05) is 31.7 Å². The summed E-state index contributed by atoms with van der Waals surface area (Å²) in [5, 5.41) is 11.4. The van der Waals surface area contributed by atoms with Gasteiger partial charge in [0.05, 0.1) is 23.6 Å². The van der Waals surface area contributed by atoms with E-state index < -0.39 is 11.9 Å². The molecule has 0 saturated carbocycles. The maximum Gasteiger partial charge on any atom is 0.339 e. The number of hydrogen-bond acceptors (Lipinski definition) is 7. The molecule has 1 amide bonds. The third-order valence-corrected chi connectivity index (χ3v) is 6.19. The van der Waals surface area contributed by atoms with E-state index in [9.17, 15) is 9.59 Å². The van der Waals surface area contributed by atoms with Crippen molar-refractivity contribution in [2.45, 2.75) is 13.0 Å². The number of benzene rings is 1. The zero-order valence-corrected chi connectivity index (χ0v) is 21.0. The number of aromatic nitrogens is 8. The van der Waals surface area contributed by atoms with E-state index in [0.717, 1.165) is 0 Å². The summed E-state index contributed by atoms with van der Waals surface area (Å²) in [5.74, 6) is 5.56. The van der Waals surface area contributed by atoms with Gasteiger partial charge in [-0.05, 0) is 43.0 Å². The van der Waals surface area contributed by atoms with E-state index in [1.807, 2.05) is 30.3 Å². The van der Waals surface area contributed by atoms with Gasteiger partial charge in [0.15, 0.2) is 11.5 Å². The normalized spacial score (nSPS) is 11.8. The number of carbonyl (C=O) groups excluding carboxylic acids is 1. The molecule has 0 aliphatic rings. The average molecular weight is 519 g/mol. The topological polar surface area (TPSA) is 142 Å². The predicted octanol–water partition coefficient (Wildman–Crippen LogP) is 1.73. The smallest absolute Gasteiger partial charge is 0.339 e. The first-order valence-corrected chi connectivity index (χ1v) is 12.0. The maximum atomic E-state index is 13.9. The van der Waals surface area contributed by atoms with Crippen molar-refractivity contribution in [3.8, 4) is 17.5 Å². The lowest BCUT2D eigenvalue weighted by Gasteiger charge is -2.20. The third kappa shape index (κ3) is 4.17. The molecule has 192 valence electrons. The highest BCUT2D eigenvalue weighted by Gasteiger charge is 2.24. The lowest BCUT2D eigenvalue weighted by molar-refractivity contribution is 0.0941. The monoisotopic (exact) mass is 518 g/mol. The van der Waals surface area contributed by atoms with Crippen LogP contribution in [0, 0.1) is 11.8 Å². The second-order valence-corrected chi connectivity index (χ2v) is 8.83. The van der Waals surface area contributed by atoms with Crippen LogP contribution in [0.25, 0.3) is 17.0 Å². The molecule has 1 aromatic carbocycles. The second-order valence-electron chi connectivity index (χ2n) is 8.83. The van der Waals surface area contributed by atoms with Gasteiger partial charge in [-0.25, -0.2) is 23.7 Å². The van der Waals surface area contributed by atoms with Gasteiger partial charge in [-0.1, -0.05) is 18.2 Å². The molecule has 5 aromatic heterocycles. The number of nitrogens with zero attached hydrogens (tertiary/aromatic N) is 8. The molecule has 3 N–H and O–H groups in total. The second kappa shape index (κ2) is 9.31. The summed E-state index contributed by atoms with van der Waals surface area (Å²) < 4.78 is 6.07. The molecule has 6 aromatic rings. The first-order chi connectivity index (χ1) is 18.9. The number of amides is 1. The van der Waals surface area contributed by atoms with Crippen molar-refractivity contribution < 1.29 is 4.79 Å². The average Bonchev–Trinajstić information content (AvgIpc) is 3.63. The number of anilines is 1. The molecule has 0 aliphatic carbocycles. The molecular formula is C27H22N10O2.